The fourth-order valence-corrected chi connectivity index (χ4v) is 5.75. The zero-order valence-corrected chi connectivity index (χ0v) is 25.2. The number of amides is 2. The predicted octanol–water partition coefficient (Wildman–Crippen LogP) is 5.57. The second kappa shape index (κ2) is 14.5. The topological polar surface area (TPSA) is 117 Å². The maximum atomic E-state index is 13.6. The summed E-state index contributed by atoms with van der Waals surface area (Å²) in [6, 6.07) is 27.1. The van der Waals surface area contributed by atoms with Gasteiger partial charge in [-0.25, -0.2) is 13.8 Å². The molecule has 0 aliphatic rings. The summed E-state index contributed by atoms with van der Waals surface area (Å²) < 4.78 is 33.9. The summed E-state index contributed by atoms with van der Waals surface area (Å²) in [6.07, 6.45) is 2.01. The lowest BCUT2D eigenvalue weighted by molar-refractivity contribution is -0.119. The van der Waals surface area contributed by atoms with E-state index in [-0.39, 0.29) is 17.4 Å². The van der Waals surface area contributed by atoms with Gasteiger partial charge in [0, 0.05) is 10.7 Å². The molecule has 2 amide bonds. The first-order valence-electron chi connectivity index (χ1n) is 13.4. The van der Waals surface area contributed by atoms with Crippen molar-refractivity contribution in [3.05, 3.63) is 119 Å². The molecule has 2 N–H and O–H groups in total. The Kier molecular flexibility index (Phi) is 10.5. The lowest BCUT2D eigenvalue weighted by Gasteiger charge is -2.25. The fourth-order valence-electron chi connectivity index (χ4n) is 4.10. The Labute approximate surface area is 256 Å². The lowest BCUT2D eigenvalue weighted by atomic mass is 10.1. The molecule has 0 aromatic heterocycles. The van der Waals surface area contributed by atoms with E-state index in [1.165, 1.54) is 18.3 Å². The number of carbonyl (C=O) groups excluding carboxylic acids is 2. The molecule has 4 rings (SSSR count). The number of sulfonamides is 1. The molecular formula is C32H31ClN4O5S. The molecule has 0 aliphatic heterocycles. The van der Waals surface area contributed by atoms with Crippen LogP contribution in [0.5, 0.6) is 5.75 Å². The molecule has 0 spiro atoms. The highest BCUT2D eigenvalue weighted by Gasteiger charge is 2.28. The summed E-state index contributed by atoms with van der Waals surface area (Å²) in [4.78, 5) is 25.1. The minimum absolute atomic E-state index is 0.0876. The highest BCUT2D eigenvalue weighted by Crippen LogP contribution is 2.27. The van der Waals surface area contributed by atoms with Gasteiger partial charge in [0.1, 0.15) is 12.3 Å². The molecule has 43 heavy (non-hydrogen) atoms. The van der Waals surface area contributed by atoms with Gasteiger partial charge in [0.2, 0.25) is 0 Å². The number of hydrogen-bond donors (Lipinski definition) is 2. The Morgan fingerprint density at radius 2 is 1.65 bits per heavy atom. The average Bonchev–Trinajstić information content (AvgIpc) is 2.99. The summed E-state index contributed by atoms with van der Waals surface area (Å²) in [5.41, 5.74) is 5.78. The van der Waals surface area contributed by atoms with E-state index in [0.717, 1.165) is 15.4 Å². The van der Waals surface area contributed by atoms with E-state index in [9.17, 15) is 18.0 Å². The molecule has 11 heteroatoms. The van der Waals surface area contributed by atoms with Gasteiger partial charge in [-0.1, -0.05) is 60.5 Å². The number of anilines is 2. The summed E-state index contributed by atoms with van der Waals surface area (Å²) in [5.74, 6) is -0.479. The second-order valence-corrected chi connectivity index (χ2v) is 11.8. The van der Waals surface area contributed by atoms with Crippen LogP contribution >= 0.6 is 11.6 Å². The molecule has 0 saturated carbocycles. The Bertz CT molecular complexity index is 1710. The molecule has 0 saturated heterocycles. The fraction of sp³-hybridized carbons (Fsp3) is 0.156. The molecule has 222 valence electrons. The third kappa shape index (κ3) is 8.67. The van der Waals surface area contributed by atoms with Gasteiger partial charge in [0.05, 0.1) is 16.8 Å². The third-order valence-electron chi connectivity index (χ3n) is 6.30. The number of rotatable bonds is 12. The van der Waals surface area contributed by atoms with Crippen LogP contribution in [0.2, 0.25) is 5.02 Å². The number of carbonyl (C=O) groups is 2. The lowest BCUT2D eigenvalue weighted by Crippen LogP contribution is -2.40. The van der Waals surface area contributed by atoms with Gasteiger partial charge in [-0.15, -0.1) is 0 Å². The molecule has 9 nitrogen and oxygen atoms in total. The van der Waals surface area contributed by atoms with Gasteiger partial charge >= 0.3 is 0 Å². The molecule has 4 aromatic carbocycles. The van der Waals surface area contributed by atoms with E-state index >= 15 is 0 Å². The molecule has 0 aliphatic carbocycles. The van der Waals surface area contributed by atoms with E-state index in [1.807, 2.05) is 26.0 Å². The van der Waals surface area contributed by atoms with Crippen molar-refractivity contribution >= 4 is 51.0 Å². The largest absolute Gasteiger partial charge is 0.484 e. The van der Waals surface area contributed by atoms with Gasteiger partial charge < -0.3 is 10.1 Å². The SMILES string of the molecule is CCc1ccccc1N(CC(=O)N/N=C\c1ccc(OCC(=O)Nc2cccc(Cl)c2)cc1)S(=O)(=O)c1ccc(C)cc1. The van der Waals surface area contributed by atoms with Gasteiger partial charge in [-0.2, -0.15) is 5.10 Å². The van der Waals surface area contributed by atoms with Gasteiger partial charge in [0.25, 0.3) is 21.8 Å². The summed E-state index contributed by atoms with van der Waals surface area (Å²) in [6.45, 7) is 3.13. The van der Waals surface area contributed by atoms with Crippen molar-refractivity contribution in [1.29, 1.82) is 0 Å². The van der Waals surface area contributed by atoms with Crippen molar-refractivity contribution < 1.29 is 22.7 Å². The molecule has 4 aromatic rings. The van der Waals surface area contributed by atoms with Gasteiger partial charge in [0.15, 0.2) is 6.61 Å². The zero-order valence-electron chi connectivity index (χ0n) is 23.7. The minimum atomic E-state index is -4.04. The Balaban J connectivity index is 1.37. The van der Waals surface area contributed by atoms with Crippen LogP contribution in [0, 0.1) is 6.92 Å². The van der Waals surface area contributed by atoms with Crippen molar-refractivity contribution in [2.75, 3.05) is 22.8 Å². The monoisotopic (exact) mass is 618 g/mol. The van der Waals surface area contributed by atoms with E-state index in [4.69, 9.17) is 16.3 Å². The van der Waals surface area contributed by atoms with E-state index in [1.54, 1.807) is 72.8 Å². The Morgan fingerprint density at radius 3 is 2.35 bits per heavy atom. The quantitative estimate of drug-likeness (QED) is 0.159. The standard InChI is InChI=1S/C32H31ClN4O5S/c1-3-25-7-4-5-10-30(25)37(43(40,41)29-17-11-23(2)12-18-29)21-31(38)36-34-20-24-13-15-28(16-14-24)42-22-32(39)35-27-9-6-8-26(33)19-27/h4-20H,3,21-22H2,1-2H3,(H,35,39)(H,36,38)/b34-20-. The number of aryl methyl sites for hydroxylation is 2. The van der Waals surface area contributed by atoms with Crippen LogP contribution in [0.3, 0.4) is 0 Å². The molecule has 0 atom stereocenters. The summed E-state index contributed by atoms with van der Waals surface area (Å²) in [7, 11) is -4.04. The number of benzene rings is 4. The summed E-state index contributed by atoms with van der Waals surface area (Å²) >= 11 is 5.93. The van der Waals surface area contributed by atoms with Crippen molar-refractivity contribution in [3.63, 3.8) is 0 Å². The average molecular weight is 619 g/mol. The van der Waals surface area contributed by atoms with Crippen LogP contribution in [0.25, 0.3) is 0 Å². The number of nitrogens with one attached hydrogen (secondary N) is 2. The number of nitrogens with zero attached hydrogens (tertiary/aromatic N) is 2. The van der Waals surface area contributed by atoms with Crippen molar-refractivity contribution in [3.8, 4) is 5.75 Å². The van der Waals surface area contributed by atoms with Crippen LogP contribution in [0.4, 0.5) is 11.4 Å². The number of halogens is 1. The van der Waals surface area contributed by atoms with Crippen LogP contribution in [-0.4, -0.2) is 39.6 Å². The smallest absolute Gasteiger partial charge is 0.264 e. The van der Waals surface area contributed by atoms with Crippen LogP contribution in [0.15, 0.2) is 107 Å². The zero-order chi connectivity index (χ0) is 30.8. The Hall–Kier alpha value is -4.67. The second-order valence-electron chi connectivity index (χ2n) is 9.52. The number of hydrogen-bond acceptors (Lipinski definition) is 6. The van der Waals surface area contributed by atoms with Crippen molar-refractivity contribution in [2.24, 2.45) is 5.10 Å². The highest BCUT2D eigenvalue weighted by molar-refractivity contribution is 7.92. The minimum Gasteiger partial charge on any atom is -0.484 e. The number of para-hydroxylation sites is 1. The van der Waals surface area contributed by atoms with E-state index in [0.29, 0.717) is 34.1 Å². The molecule has 0 radical (unpaired) electrons. The number of ether oxygens (including phenoxy) is 1. The van der Waals surface area contributed by atoms with Crippen LogP contribution < -0.4 is 19.8 Å². The first kappa shape index (κ1) is 31.3. The normalized spacial score (nSPS) is 11.2. The van der Waals surface area contributed by atoms with Gasteiger partial charge in [-0.05, 0) is 85.1 Å². The Morgan fingerprint density at radius 1 is 0.930 bits per heavy atom. The molecular weight excluding hydrogens is 588 g/mol. The predicted molar refractivity (Wildman–Crippen MR) is 169 cm³/mol. The molecule has 0 fully saturated rings. The number of hydrazone groups is 1. The first-order valence-corrected chi connectivity index (χ1v) is 15.2. The maximum absolute atomic E-state index is 13.6. The maximum Gasteiger partial charge on any atom is 0.264 e. The molecule has 0 bridgehead atoms. The third-order valence-corrected chi connectivity index (χ3v) is 8.31. The summed E-state index contributed by atoms with van der Waals surface area (Å²) in [5, 5.41) is 7.21. The van der Waals surface area contributed by atoms with E-state index in [2.05, 4.69) is 15.8 Å². The van der Waals surface area contributed by atoms with Gasteiger partial charge in [-0.3, -0.25) is 13.9 Å². The van der Waals surface area contributed by atoms with Crippen LogP contribution in [-0.2, 0) is 26.0 Å². The van der Waals surface area contributed by atoms with Crippen molar-refractivity contribution in [1.82, 2.24) is 5.43 Å². The molecule has 0 unspecified atom stereocenters. The highest BCUT2D eigenvalue weighted by atomic mass is 35.5. The molecule has 0 heterocycles. The first-order chi connectivity index (χ1) is 20.7. The van der Waals surface area contributed by atoms with Crippen LogP contribution in [0.1, 0.15) is 23.6 Å². The van der Waals surface area contributed by atoms with E-state index < -0.39 is 22.5 Å². The van der Waals surface area contributed by atoms with Crippen molar-refractivity contribution in [2.45, 2.75) is 25.2 Å².